The minimum absolute atomic E-state index is 0.00232. The number of fused-ring (bicyclic) bond motifs is 1. The van der Waals surface area contributed by atoms with Gasteiger partial charge in [0.25, 0.3) is 0 Å². The van der Waals surface area contributed by atoms with Gasteiger partial charge in [0.15, 0.2) is 6.19 Å². The van der Waals surface area contributed by atoms with Gasteiger partial charge in [-0.2, -0.15) is 15.6 Å². The van der Waals surface area contributed by atoms with Crippen molar-refractivity contribution in [2.24, 2.45) is 4.99 Å². The second kappa shape index (κ2) is 7.14. The van der Waals surface area contributed by atoms with Gasteiger partial charge in [-0.15, -0.1) is 0 Å². The van der Waals surface area contributed by atoms with Gasteiger partial charge in [-0.3, -0.25) is 5.32 Å². The number of nitrogens with one attached hydrogen (secondary N) is 2. The molecule has 0 aliphatic carbocycles. The summed E-state index contributed by atoms with van der Waals surface area (Å²) in [4.78, 5) is 8.85. The Hall–Kier alpha value is -4.09. The van der Waals surface area contributed by atoms with Crippen LogP contribution >= 0.6 is 15.9 Å². The summed E-state index contributed by atoms with van der Waals surface area (Å²) in [7, 11) is 0. The Labute approximate surface area is 173 Å². The maximum Gasteiger partial charge on any atom is 0.211 e. The number of aliphatic imine (C=N–C) groups is 1. The lowest BCUT2D eigenvalue weighted by Gasteiger charge is -2.27. The Morgan fingerprint density at radius 2 is 2.03 bits per heavy atom. The zero-order valence-electron chi connectivity index (χ0n) is 14.8. The predicted octanol–water partition coefficient (Wildman–Crippen LogP) is 2.01. The van der Waals surface area contributed by atoms with Crippen molar-refractivity contribution < 1.29 is 0 Å². The Morgan fingerprint density at radius 1 is 1.24 bits per heavy atom. The molecule has 3 heterocycles. The molecule has 0 amide bonds. The fraction of sp³-hybridized carbons (Fsp3) is 0.0556. The molecule has 11 heteroatoms. The molecule has 6 N–H and O–H groups in total. The molecule has 3 aromatic rings. The molecule has 1 atom stereocenters. The molecule has 0 spiro atoms. The van der Waals surface area contributed by atoms with Crippen molar-refractivity contribution in [1.29, 1.82) is 10.5 Å². The summed E-state index contributed by atoms with van der Waals surface area (Å²) in [5.41, 5.74) is 14.5. The number of rotatable bonds is 2. The van der Waals surface area contributed by atoms with E-state index in [9.17, 15) is 5.26 Å². The lowest BCUT2D eigenvalue weighted by molar-refractivity contribution is 0.802. The molecule has 1 aromatic carbocycles. The van der Waals surface area contributed by atoms with E-state index in [4.69, 9.17) is 16.7 Å². The highest BCUT2D eigenvalue weighted by atomic mass is 79.9. The van der Waals surface area contributed by atoms with Crippen LogP contribution in [-0.2, 0) is 0 Å². The van der Waals surface area contributed by atoms with Crippen LogP contribution in [0.3, 0.4) is 0 Å². The maximum atomic E-state index is 9.45. The molecular weight excluding hydrogens is 436 g/mol. The minimum atomic E-state index is -0.651. The zero-order valence-corrected chi connectivity index (χ0v) is 16.3. The summed E-state index contributed by atoms with van der Waals surface area (Å²) in [5.74, 6) is 0.517. The highest BCUT2D eigenvalue weighted by Gasteiger charge is 2.31. The summed E-state index contributed by atoms with van der Waals surface area (Å²) >= 11 is 3.40. The van der Waals surface area contributed by atoms with E-state index in [1.165, 1.54) is 0 Å². The number of guanidine groups is 1. The maximum absolute atomic E-state index is 9.45. The van der Waals surface area contributed by atoms with Crippen molar-refractivity contribution in [3.8, 4) is 17.9 Å². The fourth-order valence-corrected chi connectivity index (χ4v) is 3.45. The van der Waals surface area contributed by atoms with Gasteiger partial charge in [-0.25, -0.2) is 14.7 Å². The third-order valence-electron chi connectivity index (χ3n) is 4.39. The van der Waals surface area contributed by atoms with Crippen molar-refractivity contribution in [1.82, 2.24) is 20.1 Å². The highest BCUT2D eigenvalue weighted by molar-refractivity contribution is 9.10. The van der Waals surface area contributed by atoms with E-state index in [1.54, 1.807) is 10.9 Å². The van der Waals surface area contributed by atoms with E-state index < -0.39 is 6.04 Å². The van der Waals surface area contributed by atoms with Gasteiger partial charge in [0, 0.05) is 17.3 Å². The quantitative estimate of drug-likeness (QED) is 0.340. The Kier molecular flexibility index (Phi) is 4.50. The molecule has 0 fully saturated rings. The topological polar surface area (TPSA) is 167 Å². The number of aromatic nitrogens is 3. The van der Waals surface area contributed by atoms with Crippen molar-refractivity contribution in [3.63, 3.8) is 0 Å². The number of nitrogens with two attached hydrogens (primary N) is 2. The van der Waals surface area contributed by atoms with Gasteiger partial charge in [-0.05, 0) is 22.0 Å². The molecule has 1 aliphatic rings. The van der Waals surface area contributed by atoms with Crippen molar-refractivity contribution in [2.45, 2.75) is 6.04 Å². The second-order valence-corrected chi connectivity index (χ2v) is 6.98. The third-order valence-corrected chi connectivity index (χ3v) is 4.80. The predicted molar refractivity (Wildman–Crippen MR) is 111 cm³/mol. The molecule has 142 valence electrons. The number of anilines is 3. The van der Waals surface area contributed by atoms with E-state index >= 15 is 0 Å². The van der Waals surface area contributed by atoms with Gasteiger partial charge in [0.1, 0.15) is 29.3 Å². The number of hydrogen-bond donors (Lipinski definition) is 4. The Morgan fingerprint density at radius 3 is 2.72 bits per heavy atom. The normalized spacial score (nSPS) is 14.7. The lowest BCUT2D eigenvalue weighted by Crippen LogP contribution is -2.33. The van der Waals surface area contributed by atoms with E-state index in [2.05, 4.69) is 41.6 Å². The molecule has 29 heavy (non-hydrogen) atoms. The number of para-hydroxylation sites is 1. The van der Waals surface area contributed by atoms with Crippen LogP contribution in [-0.4, -0.2) is 20.7 Å². The first kappa shape index (κ1) is 18.3. The SMILES string of the molecule is N#CNC1=NC(c2ccccc2-n2cc(Br)cn2)c2c(nc(N)c(C#N)c2N)N1. The fourth-order valence-electron chi connectivity index (χ4n) is 3.17. The molecule has 10 nitrogen and oxygen atoms in total. The number of halogens is 1. The number of nitrogen functional groups attached to an aromatic ring is 2. The lowest BCUT2D eigenvalue weighted by atomic mass is 9.94. The third kappa shape index (κ3) is 3.09. The van der Waals surface area contributed by atoms with Crippen LogP contribution in [0.1, 0.15) is 22.7 Å². The number of benzene rings is 1. The standard InChI is InChI=1S/C18H13BrN10/c19-9-6-25-29(7-9)12-4-2-1-3-10(12)15-13-14(22)11(5-20)16(23)27-17(13)28-18(26-15)24-8-21/h1-4,6-7,15H,(H6,22,23,24,26,27,28). The summed E-state index contributed by atoms with van der Waals surface area (Å²) in [6.07, 6.45) is 5.31. The number of pyridine rings is 1. The molecule has 0 saturated carbocycles. The molecule has 1 unspecified atom stereocenters. The first-order chi connectivity index (χ1) is 14.0. The van der Waals surface area contributed by atoms with Gasteiger partial charge in [-0.1, -0.05) is 18.2 Å². The van der Waals surface area contributed by atoms with Crippen molar-refractivity contribution >= 4 is 39.2 Å². The summed E-state index contributed by atoms with van der Waals surface area (Å²) in [6, 6.07) is 8.83. The zero-order chi connectivity index (χ0) is 20.5. The van der Waals surface area contributed by atoms with Crippen LogP contribution in [0, 0.1) is 22.8 Å². The average Bonchev–Trinajstić information content (AvgIpc) is 3.14. The largest absolute Gasteiger partial charge is 0.397 e. The van der Waals surface area contributed by atoms with Crippen molar-refractivity contribution in [3.05, 3.63) is 57.8 Å². The van der Waals surface area contributed by atoms with Gasteiger partial charge >= 0.3 is 0 Å². The van der Waals surface area contributed by atoms with E-state index in [-0.39, 0.29) is 23.0 Å². The van der Waals surface area contributed by atoms with E-state index in [1.807, 2.05) is 42.7 Å². The van der Waals surface area contributed by atoms with Crippen LogP contribution in [0.25, 0.3) is 5.69 Å². The van der Waals surface area contributed by atoms with Gasteiger partial charge in [0.05, 0.1) is 22.0 Å². The monoisotopic (exact) mass is 448 g/mol. The van der Waals surface area contributed by atoms with Crippen molar-refractivity contribution in [2.75, 3.05) is 16.8 Å². The van der Waals surface area contributed by atoms with Gasteiger partial charge in [0.2, 0.25) is 5.96 Å². The smallest absolute Gasteiger partial charge is 0.211 e. The minimum Gasteiger partial charge on any atom is -0.397 e. The molecule has 4 rings (SSSR count). The summed E-state index contributed by atoms with van der Waals surface area (Å²) in [5, 5.41) is 28.2. The number of nitriles is 2. The Balaban J connectivity index is 1.98. The molecule has 1 aliphatic heterocycles. The summed E-state index contributed by atoms with van der Waals surface area (Å²) in [6.45, 7) is 0. The van der Waals surface area contributed by atoms with Crippen LogP contribution in [0.5, 0.6) is 0 Å². The summed E-state index contributed by atoms with van der Waals surface area (Å²) < 4.78 is 2.51. The van der Waals surface area contributed by atoms with Gasteiger partial charge < -0.3 is 16.8 Å². The van der Waals surface area contributed by atoms with E-state index in [0.29, 0.717) is 11.4 Å². The van der Waals surface area contributed by atoms with Crippen LogP contribution in [0.15, 0.2) is 46.1 Å². The molecule has 0 bridgehead atoms. The van der Waals surface area contributed by atoms with E-state index in [0.717, 1.165) is 15.7 Å². The van der Waals surface area contributed by atoms with Crippen LogP contribution in [0.2, 0.25) is 0 Å². The van der Waals surface area contributed by atoms with Crippen LogP contribution < -0.4 is 22.1 Å². The first-order valence-electron chi connectivity index (χ1n) is 8.31. The molecule has 2 aromatic heterocycles. The highest BCUT2D eigenvalue weighted by Crippen LogP contribution is 2.42. The number of hydrogen-bond acceptors (Lipinski definition) is 9. The molecular formula is C18H13BrN10. The first-order valence-corrected chi connectivity index (χ1v) is 9.11. The molecule has 0 radical (unpaired) electrons. The molecule has 0 saturated heterocycles. The second-order valence-electron chi connectivity index (χ2n) is 6.06. The Bertz CT molecular complexity index is 1230. The number of nitrogens with zero attached hydrogens (tertiary/aromatic N) is 6. The van der Waals surface area contributed by atoms with Crippen LogP contribution in [0.4, 0.5) is 17.3 Å². The average molecular weight is 449 g/mol.